The van der Waals surface area contributed by atoms with Gasteiger partial charge in [0.25, 0.3) is 0 Å². The molecular weight excluding hydrogens is 755 g/mol. The molecule has 1 aromatic heterocycles. The number of aromatic nitrogens is 1. The second-order valence-electron chi connectivity index (χ2n) is 15.8. The summed E-state index contributed by atoms with van der Waals surface area (Å²) in [5, 5.41) is 11.0. The molecule has 1 heterocycles. The number of hydrogen-bond donors (Lipinski definition) is 0. The fraction of sp³-hybridized carbons (Fsp3) is 0. The molecule has 0 unspecified atom stereocenters. The Morgan fingerprint density at radius 3 is 1.07 bits per heavy atom. The van der Waals surface area contributed by atoms with Gasteiger partial charge in [-0.05, 0) is 117 Å². The molecule has 0 aliphatic heterocycles. The maximum atomic E-state index is 4.94. The Morgan fingerprint density at radius 2 is 0.590 bits per heavy atom. The third-order valence-corrected chi connectivity index (χ3v) is 13.4. The van der Waals surface area contributed by atoms with Crippen LogP contribution < -0.4 is 0 Å². The number of hydrogen-bond acceptors (Lipinski definition) is 2. The monoisotopic (exact) mass is 791 g/mol. The summed E-state index contributed by atoms with van der Waals surface area (Å²) >= 11 is 1.74. The minimum atomic E-state index is 1.05. The van der Waals surface area contributed by atoms with Gasteiger partial charge in [-0.2, -0.15) is 0 Å². The standard InChI is InChI=1S/C59H37NS/c1-3-15-38(16-4-1)44-35-36-51-52(37-44)58(39-17-5-2-6-18-39)50-24-12-11-23-49(50)57(51)41-29-27-40(28-30-41)55-45-19-7-9-21-47(45)56(48-22-10-8-20-46(48)55)42-31-33-43(34-32-42)59-60-53-25-13-14-26-54(53)61-59/h1-37H. The van der Waals surface area contributed by atoms with E-state index in [0.29, 0.717) is 0 Å². The first-order valence-corrected chi connectivity index (χ1v) is 21.7. The van der Waals surface area contributed by atoms with Crippen molar-refractivity contribution >= 4 is 64.6 Å². The van der Waals surface area contributed by atoms with Gasteiger partial charge in [-0.3, -0.25) is 0 Å². The molecule has 0 radical (unpaired) electrons. The summed E-state index contributed by atoms with van der Waals surface area (Å²) in [4.78, 5) is 4.94. The Bertz CT molecular complexity index is 3510. The highest BCUT2D eigenvalue weighted by atomic mass is 32.1. The fourth-order valence-electron chi connectivity index (χ4n) is 9.54. The second kappa shape index (κ2) is 14.6. The van der Waals surface area contributed by atoms with E-state index in [1.54, 1.807) is 11.3 Å². The van der Waals surface area contributed by atoms with Crippen molar-refractivity contribution in [1.82, 2.24) is 4.98 Å². The number of para-hydroxylation sites is 1. The zero-order valence-electron chi connectivity index (χ0n) is 33.2. The first kappa shape index (κ1) is 35.3. The van der Waals surface area contributed by atoms with E-state index in [2.05, 4.69) is 224 Å². The van der Waals surface area contributed by atoms with E-state index in [9.17, 15) is 0 Å². The van der Waals surface area contributed by atoms with Crippen LogP contribution in [0.25, 0.3) is 120 Å². The molecule has 0 aliphatic rings. The molecule has 0 saturated carbocycles. The molecule has 0 amide bonds. The number of rotatable bonds is 6. The van der Waals surface area contributed by atoms with E-state index >= 15 is 0 Å². The second-order valence-corrected chi connectivity index (χ2v) is 16.8. The van der Waals surface area contributed by atoms with Crippen molar-refractivity contribution in [3.8, 4) is 66.2 Å². The smallest absolute Gasteiger partial charge is 0.124 e. The van der Waals surface area contributed by atoms with Crippen LogP contribution in [0.1, 0.15) is 0 Å². The zero-order valence-corrected chi connectivity index (χ0v) is 34.0. The van der Waals surface area contributed by atoms with Gasteiger partial charge in [-0.15, -0.1) is 11.3 Å². The predicted molar refractivity (Wildman–Crippen MR) is 262 cm³/mol. The molecule has 284 valence electrons. The molecule has 1 nitrogen and oxygen atoms in total. The van der Waals surface area contributed by atoms with Gasteiger partial charge < -0.3 is 0 Å². The van der Waals surface area contributed by atoms with Crippen molar-refractivity contribution < 1.29 is 0 Å². The van der Waals surface area contributed by atoms with Crippen LogP contribution >= 0.6 is 11.3 Å². The largest absolute Gasteiger partial charge is 0.236 e. The Balaban J connectivity index is 1.02. The van der Waals surface area contributed by atoms with Crippen molar-refractivity contribution in [2.75, 3.05) is 0 Å². The summed E-state index contributed by atoms with van der Waals surface area (Å²) in [6, 6.07) is 82.1. The molecule has 11 aromatic carbocycles. The first-order chi connectivity index (χ1) is 30.3. The topological polar surface area (TPSA) is 12.9 Å². The lowest BCUT2D eigenvalue weighted by Gasteiger charge is -2.20. The van der Waals surface area contributed by atoms with Gasteiger partial charge in [0.15, 0.2) is 0 Å². The highest BCUT2D eigenvalue weighted by Gasteiger charge is 2.20. The molecule has 12 rings (SSSR count). The predicted octanol–water partition coefficient (Wildman–Crippen LogP) is 16.9. The van der Waals surface area contributed by atoms with E-state index in [4.69, 9.17) is 4.98 Å². The molecule has 61 heavy (non-hydrogen) atoms. The summed E-state index contributed by atoms with van der Waals surface area (Å²) in [6.45, 7) is 0. The van der Waals surface area contributed by atoms with Crippen LogP contribution in [0.2, 0.25) is 0 Å². The van der Waals surface area contributed by atoms with Crippen LogP contribution in [0.4, 0.5) is 0 Å². The Labute approximate surface area is 358 Å². The van der Waals surface area contributed by atoms with Crippen LogP contribution in [0.15, 0.2) is 224 Å². The van der Waals surface area contributed by atoms with E-state index in [1.807, 2.05) is 0 Å². The molecule has 0 atom stereocenters. The van der Waals surface area contributed by atoms with Crippen molar-refractivity contribution in [2.24, 2.45) is 0 Å². The fourth-order valence-corrected chi connectivity index (χ4v) is 10.5. The highest BCUT2D eigenvalue weighted by Crippen LogP contribution is 2.47. The lowest BCUT2D eigenvalue weighted by Crippen LogP contribution is -1.93. The third kappa shape index (κ3) is 5.95. The summed E-state index contributed by atoms with van der Waals surface area (Å²) in [5.41, 5.74) is 14.5. The van der Waals surface area contributed by atoms with Crippen LogP contribution in [-0.4, -0.2) is 4.98 Å². The lowest BCUT2D eigenvalue weighted by molar-refractivity contribution is 1.48. The Morgan fingerprint density at radius 1 is 0.246 bits per heavy atom. The van der Waals surface area contributed by atoms with Crippen LogP contribution in [0.3, 0.4) is 0 Å². The lowest BCUT2D eigenvalue weighted by atomic mass is 9.83. The molecule has 0 N–H and O–H groups in total. The Kier molecular flexibility index (Phi) is 8.43. The maximum Gasteiger partial charge on any atom is 0.124 e. The summed E-state index contributed by atoms with van der Waals surface area (Å²) in [6.07, 6.45) is 0. The molecular formula is C59H37NS. The molecule has 0 fully saturated rings. The maximum absolute atomic E-state index is 4.94. The van der Waals surface area contributed by atoms with E-state index in [0.717, 1.165) is 16.1 Å². The average Bonchev–Trinajstić information content (AvgIpc) is 3.78. The number of thiazole rings is 1. The molecule has 2 heteroatoms. The quantitative estimate of drug-likeness (QED) is 0.153. The Hall–Kier alpha value is -7.65. The van der Waals surface area contributed by atoms with Crippen molar-refractivity contribution in [1.29, 1.82) is 0 Å². The average molecular weight is 792 g/mol. The van der Waals surface area contributed by atoms with Crippen molar-refractivity contribution in [2.45, 2.75) is 0 Å². The van der Waals surface area contributed by atoms with Crippen LogP contribution in [-0.2, 0) is 0 Å². The molecule has 0 bridgehead atoms. The van der Waals surface area contributed by atoms with Gasteiger partial charge in [0, 0.05) is 5.56 Å². The SMILES string of the molecule is c1ccc(-c2ccc3c(-c4ccc(-c5c6ccccc6c(-c6ccc(-c7nc8ccccc8s7)cc6)c6ccccc56)cc4)c4ccccc4c(-c4ccccc4)c3c2)cc1. The molecule has 0 spiro atoms. The van der Waals surface area contributed by atoms with E-state index < -0.39 is 0 Å². The summed E-state index contributed by atoms with van der Waals surface area (Å²) < 4.78 is 1.21. The minimum Gasteiger partial charge on any atom is -0.236 e. The van der Waals surface area contributed by atoms with Crippen LogP contribution in [0.5, 0.6) is 0 Å². The third-order valence-electron chi connectivity index (χ3n) is 12.3. The van der Waals surface area contributed by atoms with E-state index in [-0.39, 0.29) is 0 Å². The van der Waals surface area contributed by atoms with E-state index in [1.165, 1.54) is 103 Å². The van der Waals surface area contributed by atoms with Gasteiger partial charge in [-0.1, -0.05) is 206 Å². The number of benzene rings is 11. The molecule has 12 aromatic rings. The minimum absolute atomic E-state index is 1.05. The zero-order chi connectivity index (χ0) is 40.3. The van der Waals surface area contributed by atoms with Gasteiger partial charge in [0.2, 0.25) is 0 Å². The normalized spacial score (nSPS) is 11.6. The highest BCUT2D eigenvalue weighted by molar-refractivity contribution is 7.21. The van der Waals surface area contributed by atoms with Gasteiger partial charge in [0.05, 0.1) is 10.2 Å². The van der Waals surface area contributed by atoms with Crippen molar-refractivity contribution in [3.63, 3.8) is 0 Å². The van der Waals surface area contributed by atoms with Gasteiger partial charge in [0.1, 0.15) is 5.01 Å². The summed E-state index contributed by atoms with van der Waals surface area (Å²) in [5.74, 6) is 0. The van der Waals surface area contributed by atoms with Crippen molar-refractivity contribution in [3.05, 3.63) is 224 Å². The van der Waals surface area contributed by atoms with Gasteiger partial charge >= 0.3 is 0 Å². The molecule has 0 saturated heterocycles. The number of fused-ring (bicyclic) bond motifs is 5. The first-order valence-electron chi connectivity index (χ1n) is 20.9. The van der Waals surface area contributed by atoms with Gasteiger partial charge in [-0.25, -0.2) is 4.98 Å². The number of nitrogens with zero attached hydrogens (tertiary/aromatic N) is 1. The summed E-state index contributed by atoms with van der Waals surface area (Å²) in [7, 11) is 0. The molecule has 0 aliphatic carbocycles. The van der Waals surface area contributed by atoms with Crippen LogP contribution in [0, 0.1) is 0 Å².